The van der Waals surface area contributed by atoms with E-state index in [1.807, 2.05) is 56.3 Å². The number of ether oxygens (including phenoxy) is 1. The average molecular weight is 238 g/mol. The summed E-state index contributed by atoms with van der Waals surface area (Å²) < 4.78 is 5.47. The van der Waals surface area contributed by atoms with Gasteiger partial charge in [-0.15, -0.1) is 0 Å². The average Bonchev–Trinajstić information content (AvgIpc) is 2.67. The van der Waals surface area contributed by atoms with E-state index in [-0.39, 0.29) is 12.1 Å². The number of cyclic esters (lactones) is 1. The molecule has 90 valence electrons. The molecule has 0 fully saturated rings. The third-order valence-corrected chi connectivity index (χ3v) is 3.31. The van der Waals surface area contributed by atoms with Crippen LogP contribution < -0.4 is 0 Å². The van der Waals surface area contributed by atoms with Crippen LogP contribution in [0.1, 0.15) is 38.7 Å². The first-order valence-corrected chi connectivity index (χ1v) is 6.03. The van der Waals surface area contributed by atoms with E-state index in [0.29, 0.717) is 5.56 Å². The van der Waals surface area contributed by atoms with Crippen molar-refractivity contribution in [3.05, 3.63) is 70.3 Å². The van der Waals surface area contributed by atoms with Gasteiger partial charge in [0.15, 0.2) is 6.10 Å². The maximum atomic E-state index is 11.8. The van der Waals surface area contributed by atoms with Crippen molar-refractivity contribution in [2.75, 3.05) is 0 Å². The highest BCUT2D eigenvalue weighted by atomic mass is 16.5. The van der Waals surface area contributed by atoms with Crippen molar-refractivity contribution in [1.82, 2.24) is 0 Å². The van der Waals surface area contributed by atoms with Gasteiger partial charge in [-0.1, -0.05) is 47.5 Å². The van der Waals surface area contributed by atoms with E-state index in [9.17, 15) is 4.79 Å². The quantitative estimate of drug-likeness (QED) is 0.710. The number of carbonyl (C=O) groups excluding carboxylic acids is 1. The van der Waals surface area contributed by atoms with Crippen LogP contribution in [0, 0.1) is 13.8 Å². The monoisotopic (exact) mass is 238 g/mol. The summed E-state index contributed by atoms with van der Waals surface area (Å²) in [6.07, 6.45) is -0.256. The summed E-state index contributed by atoms with van der Waals surface area (Å²) in [7, 11) is 0. The first-order valence-electron chi connectivity index (χ1n) is 6.03. The van der Waals surface area contributed by atoms with Gasteiger partial charge in [0.1, 0.15) is 0 Å². The predicted octanol–water partition coefficient (Wildman–Crippen LogP) is 3.56. The van der Waals surface area contributed by atoms with E-state index >= 15 is 0 Å². The van der Waals surface area contributed by atoms with Crippen molar-refractivity contribution in [2.45, 2.75) is 20.0 Å². The first-order chi connectivity index (χ1) is 8.65. The van der Waals surface area contributed by atoms with Gasteiger partial charge in [-0.25, -0.2) is 4.79 Å². The molecule has 0 amide bonds. The maximum absolute atomic E-state index is 11.8. The Morgan fingerprint density at radius 3 is 2.33 bits per heavy atom. The van der Waals surface area contributed by atoms with Crippen LogP contribution >= 0.6 is 0 Å². The molecule has 0 saturated heterocycles. The highest BCUT2D eigenvalue weighted by molar-refractivity contribution is 5.94. The topological polar surface area (TPSA) is 26.3 Å². The third-order valence-electron chi connectivity index (χ3n) is 3.31. The molecule has 0 bridgehead atoms. The second kappa shape index (κ2) is 3.98. The van der Waals surface area contributed by atoms with E-state index in [1.165, 1.54) is 5.56 Å². The number of hydrogen-bond acceptors (Lipinski definition) is 2. The highest BCUT2D eigenvalue weighted by Gasteiger charge is 2.31. The molecule has 2 aromatic rings. The van der Waals surface area contributed by atoms with Crippen molar-refractivity contribution >= 4 is 5.97 Å². The lowest BCUT2D eigenvalue weighted by atomic mass is 9.97. The second-order valence-electron chi connectivity index (χ2n) is 4.79. The number of fused-ring (bicyclic) bond motifs is 1. The molecular formula is C16H14O2. The van der Waals surface area contributed by atoms with Crippen molar-refractivity contribution in [2.24, 2.45) is 0 Å². The molecule has 1 aliphatic heterocycles. The molecule has 0 N–H and O–H groups in total. The van der Waals surface area contributed by atoms with Gasteiger partial charge in [-0.3, -0.25) is 0 Å². The molecule has 0 aliphatic carbocycles. The van der Waals surface area contributed by atoms with Gasteiger partial charge in [0.2, 0.25) is 0 Å². The summed E-state index contributed by atoms with van der Waals surface area (Å²) in [4.78, 5) is 11.8. The van der Waals surface area contributed by atoms with Gasteiger partial charge >= 0.3 is 5.97 Å². The lowest BCUT2D eigenvalue weighted by Gasteiger charge is -2.11. The minimum Gasteiger partial charge on any atom is -0.449 e. The number of rotatable bonds is 1. The van der Waals surface area contributed by atoms with E-state index in [4.69, 9.17) is 4.74 Å². The van der Waals surface area contributed by atoms with Crippen LogP contribution in [0.4, 0.5) is 0 Å². The third kappa shape index (κ3) is 1.70. The maximum Gasteiger partial charge on any atom is 0.339 e. The van der Waals surface area contributed by atoms with E-state index in [2.05, 4.69) is 0 Å². The smallest absolute Gasteiger partial charge is 0.339 e. The van der Waals surface area contributed by atoms with E-state index in [0.717, 1.165) is 16.7 Å². The van der Waals surface area contributed by atoms with E-state index < -0.39 is 0 Å². The zero-order valence-corrected chi connectivity index (χ0v) is 10.4. The molecule has 2 heteroatoms. The number of hydrogen-bond donors (Lipinski definition) is 0. The summed E-state index contributed by atoms with van der Waals surface area (Å²) >= 11 is 0. The second-order valence-corrected chi connectivity index (χ2v) is 4.79. The zero-order valence-electron chi connectivity index (χ0n) is 10.4. The van der Waals surface area contributed by atoms with Crippen LogP contribution in [0.2, 0.25) is 0 Å². The van der Waals surface area contributed by atoms with Crippen LogP contribution in [0.25, 0.3) is 0 Å². The Kier molecular flexibility index (Phi) is 2.44. The molecule has 0 aromatic heterocycles. The minimum absolute atomic E-state index is 0.226. The molecule has 2 aromatic carbocycles. The first kappa shape index (κ1) is 11.0. The standard InChI is InChI=1S/C16H14O2/c1-10-3-6-12(7-4-10)15-14-9-11(2)5-8-13(14)16(17)18-15/h3-9,15H,1-2H3/t15-/m0/s1. The van der Waals surface area contributed by atoms with Gasteiger partial charge in [0.25, 0.3) is 0 Å². The molecule has 0 spiro atoms. The fraction of sp³-hybridized carbons (Fsp3) is 0.188. The Morgan fingerprint density at radius 2 is 1.61 bits per heavy atom. The van der Waals surface area contributed by atoms with Crippen LogP contribution in [-0.4, -0.2) is 5.97 Å². The van der Waals surface area contributed by atoms with Crippen LogP contribution in [-0.2, 0) is 4.74 Å². The van der Waals surface area contributed by atoms with Crippen LogP contribution in [0.15, 0.2) is 42.5 Å². The number of esters is 1. The lowest BCUT2D eigenvalue weighted by molar-refractivity contribution is 0.0456. The molecule has 3 rings (SSSR count). The van der Waals surface area contributed by atoms with E-state index in [1.54, 1.807) is 0 Å². The Bertz CT molecular complexity index is 611. The van der Waals surface area contributed by atoms with Crippen molar-refractivity contribution in [3.8, 4) is 0 Å². The lowest BCUT2D eigenvalue weighted by Crippen LogP contribution is -2.00. The van der Waals surface area contributed by atoms with Crippen molar-refractivity contribution < 1.29 is 9.53 Å². The van der Waals surface area contributed by atoms with Crippen molar-refractivity contribution in [1.29, 1.82) is 0 Å². The van der Waals surface area contributed by atoms with Crippen LogP contribution in [0.5, 0.6) is 0 Å². The number of benzene rings is 2. The normalized spacial score (nSPS) is 17.4. The largest absolute Gasteiger partial charge is 0.449 e. The molecule has 2 nitrogen and oxygen atoms in total. The summed E-state index contributed by atoms with van der Waals surface area (Å²) in [5.41, 5.74) is 5.03. The van der Waals surface area contributed by atoms with Gasteiger partial charge in [0, 0.05) is 5.56 Å². The summed E-state index contributed by atoms with van der Waals surface area (Å²) in [5.74, 6) is -0.226. The Morgan fingerprint density at radius 1 is 0.944 bits per heavy atom. The Balaban J connectivity index is 2.09. The summed E-state index contributed by atoms with van der Waals surface area (Å²) in [5, 5.41) is 0. The molecule has 0 unspecified atom stereocenters. The number of aryl methyl sites for hydroxylation is 2. The fourth-order valence-electron chi connectivity index (χ4n) is 2.31. The summed E-state index contributed by atoms with van der Waals surface area (Å²) in [6.45, 7) is 4.07. The molecule has 18 heavy (non-hydrogen) atoms. The molecule has 0 saturated carbocycles. The Hall–Kier alpha value is -2.09. The molecule has 1 atom stereocenters. The van der Waals surface area contributed by atoms with Gasteiger partial charge < -0.3 is 4.74 Å². The fourth-order valence-corrected chi connectivity index (χ4v) is 2.31. The molecule has 1 heterocycles. The molecule has 0 radical (unpaired) electrons. The summed E-state index contributed by atoms with van der Waals surface area (Å²) in [6, 6.07) is 13.9. The van der Waals surface area contributed by atoms with Crippen LogP contribution in [0.3, 0.4) is 0 Å². The highest BCUT2D eigenvalue weighted by Crippen LogP contribution is 2.36. The SMILES string of the molecule is Cc1ccc([C@@H]2OC(=O)c3ccc(C)cc32)cc1. The predicted molar refractivity (Wildman–Crippen MR) is 69.6 cm³/mol. The molecule has 1 aliphatic rings. The minimum atomic E-state index is -0.256. The van der Waals surface area contributed by atoms with Gasteiger partial charge in [0.05, 0.1) is 5.56 Å². The zero-order chi connectivity index (χ0) is 12.7. The van der Waals surface area contributed by atoms with Gasteiger partial charge in [-0.05, 0) is 25.5 Å². The molecular weight excluding hydrogens is 224 g/mol. The van der Waals surface area contributed by atoms with Gasteiger partial charge in [-0.2, -0.15) is 0 Å². The Labute approximate surface area is 106 Å². The number of carbonyl (C=O) groups is 1. The van der Waals surface area contributed by atoms with Crippen molar-refractivity contribution in [3.63, 3.8) is 0 Å².